The summed E-state index contributed by atoms with van der Waals surface area (Å²) in [6.07, 6.45) is 5.06. The van der Waals surface area contributed by atoms with Crippen LogP contribution in [0.1, 0.15) is 0 Å². The van der Waals surface area contributed by atoms with Crippen molar-refractivity contribution in [3.8, 4) is 12.3 Å². The Morgan fingerprint density at radius 3 is 1.06 bits per heavy atom. The lowest BCUT2D eigenvalue weighted by Crippen LogP contribution is -2.16. The highest BCUT2D eigenvalue weighted by atomic mass is 16.6. The third-order valence-corrected chi connectivity index (χ3v) is 3.61. The summed E-state index contributed by atoms with van der Waals surface area (Å²) >= 11 is 0. The van der Waals surface area contributed by atoms with Gasteiger partial charge in [0.2, 0.25) is 0 Å². The number of carbonyl (C=O) groups is 1. The number of ether oxygens (including phenoxy) is 10. The smallest absolute Gasteiger partial charge is 0.331 e. The summed E-state index contributed by atoms with van der Waals surface area (Å²) in [5.74, 6) is 1.98. The molecular formula is C22H40O11. The molecule has 0 aliphatic rings. The van der Waals surface area contributed by atoms with Crippen LogP contribution < -0.4 is 0 Å². The van der Waals surface area contributed by atoms with Crippen molar-refractivity contribution in [2.24, 2.45) is 0 Å². The molecular weight excluding hydrogens is 440 g/mol. The second-order valence-corrected chi connectivity index (χ2v) is 6.17. The van der Waals surface area contributed by atoms with E-state index in [1.165, 1.54) is 7.11 Å². The fourth-order valence-corrected chi connectivity index (χ4v) is 2.00. The number of methoxy groups -OCH3 is 1. The minimum Gasteiger partial charge on any atom is -0.467 e. The molecule has 0 aromatic rings. The SMILES string of the molecule is C#CCOCCOCCOCCOCCOCCOCCOCCOCCOCC(=O)OC. The van der Waals surface area contributed by atoms with E-state index in [1.807, 2.05) is 0 Å². The lowest BCUT2D eigenvalue weighted by molar-refractivity contribution is -0.146. The van der Waals surface area contributed by atoms with Gasteiger partial charge in [0.05, 0.1) is 113 Å². The van der Waals surface area contributed by atoms with Crippen molar-refractivity contribution in [3.05, 3.63) is 0 Å². The van der Waals surface area contributed by atoms with Crippen molar-refractivity contribution in [2.75, 3.05) is 126 Å². The summed E-state index contributed by atoms with van der Waals surface area (Å²) < 4.78 is 52.1. The molecule has 0 amide bonds. The molecule has 0 spiro atoms. The molecule has 0 rings (SSSR count). The summed E-state index contributed by atoms with van der Waals surface area (Å²) in [6.45, 7) is 7.87. The van der Waals surface area contributed by atoms with Crippen molar-refractivity contribution in [1.82, 2.24) is 0 Å². The Balaban J connectivity index is 3.03. The van der Waals surface area contributed by atoms with Gasteiger partial charge in [0.15, 0.2) is 0 Å². The van der Waals surface area contributed by atoms with Crippen LogP contribution in [0.15, 0.2) is 0 Å². The van der Waals surface area contributed by atoms with Crippen LogP contribution in [0.25, 0.3) is 0 Å². The van der Waals surface area contributed by atoms with Gasteiger partial charge in [-0.25, -0.2) is 4.79 Å². The topological polar surface area (TPSA) is 109 Å². The van der Waals surface area contributed by atoms with E-state index in [0.29, 0.717) is 112 Å². The van der Waals surface area contributed by atoms with Crippen LogP contribution in [0, 0.1) is 12.3 Å². The molecule has 0 aliphatic carbocycles. The first-order valence-electron chi connectivity index (χ1n) is 11.0. The van der Waals surface area contributed by atoms with Gasteiger partial charge < -0.3 is 47.4 Å². The van der Waals surface area contributed by atoms with Gasteiger partial charge in [0.25, 0.3) is 0 Å². The van der Waals surface area contributed by atoms with Gasteiger partial charge in [-0.3, -0.25) is 0 Å². The summed E-state index contributed by atoms with van der Waals surface area (Å²) in [5.41, 5.74) is 0. The highest BCUT2D eigenvalue weighted by molar-refractivity contribution is 5.70. The summed E-state index contributed by atoms with van der Waals surface area (Å²) in [6, 6.07) is 0. The van der Waals surface area contributed by atoms with E-state index in [1.54, 1.807) is 0 Å². The fourth-order valence-electron chi connectivity index (χ4n) is 2.00. The maximum absolute atomic E-state index is 10.8. The highest BCUT2D eigenvalue weighted by Gasteiger charge is 1.99. The first-order valence-corrected chi connectivity index (χ1v) is 11.0. The van der Waals surface area contributed by atoms with E-state index in [9.17, 15) is 4.79 Å². The standard InChI is InChI=1S/C22H40O11/c1-3-4-25-5-6-26-7-8-27-9-10-28-11-12-29-13-14-30-15-16-31-17-18-32-19-20-33-21-22(23)24-2/h1H,4-21H2,2H3. The molecule has 0 aromatic carbocycles. The Kier molecular flexibility index (Phi) is 27.5. The number of hydrogen-bond donors (Lipinski definition) is 0. The molecule has 33 heavy (non-hydrogen) atoms. The molecule has 0 aromatic heterocycles. The Bertz CT molecular complexity index is 443. The molecule has 194 valence electrons. The number of hydrogen-bond acceptors (Lipinski definition) is 11. The molecule has 11 nitrogen and oxygen atoms in total. The van der Waals surface area contributed by atoms with Gasteiger partial charge in [-0.05, 0) is 0 Å². The maximum atomic E-state index is 10.8. The maximum Gasteiger partial charge on any atom is 0.331 e. The second kappa shape index (κ2) is 28.7. The van der Waals surface area contributed by atoms with Gasteiger partial charge in [0, 0.05) is 0 Å². The van der Waals surface area contributed by atoms with Crippen LogP contribution in [0.3, 0.4) is 0 Å². The third-order valence-electron chi connectivity index (χ3n) is 3.61. The predicted molar refractivity (Wildman–Crippen MR) is 118 cm³/mol. The molecule has 0 bridgehead atoms. The number of rotatable bonds is 27. The van der Waals surface area contributed by atoms with Crippen molar-refractivity contribution in [3.63, 3.8) is 0 Å². The number of esters is 1. The molecule has 0 unspecified atom stereocenters. The van der Waals surface area contributed by atoms with E-state index in [-0.39, 0.29) is 6.61 Å². The second-order valence-electron chi connectivity index (χ2n) is 6.17. The van der Waals surface area contributed by atoms with Crippen LogP contribution in [0.4, 0.5) is 0 Å². The van der Waals surface area contributed by atoms with Gasteiger partial charge in [-0.2, -0.15) is 0 Å². The highest BCUT2D eigenvalue weighted by Crippen LogP contribution is 1.86. The van der Waals surface area contributed by atoms with Crippen LogP contribution in [-0.2, 0) is 52.2 Å². The van der Waals surface area contributed by atoms with E-state index < -0.39 is 5.97 Å². The minimum atomic E-state index is -0.406. The zero-order valence-corrected chi connectivity index (χ0v) is 19.8. The zero-order valence-electron chi connectivity index (χ0n) is 19.8. The first-order chi connectivity index (χ1) is 16.3. The molecule has 0 radical (unpaired) electrons. The van der Waals surface area contributed by atoms with Gasteiger partial charge in [-0.1, -0.05) is 5.92 Å². The number of terminal acetylenes is 1. The molecule has 0 heterocycles. The van der Waals surface area contributed by atoms with E-state index in [0.717, 1.165) is 0 Å². The van der Waals surface area contributed by atoms with Crippen molar-refractivity contribution in [1.29, 1.82) is 0 Å². The number of carbonyl (C=O) groups excluding carboxylic acids is 1. The van der Waals surface area contributed by atoms with Gasteiger partial charge in [-0.15, -0.1) is 6.42 Å². The summed E-state index contributed by atoms with van der Waals surface area (Å²) in [7, 11) is 1.31. The normalized spacial score (nSPS) is 10.9. The van der Waals surface area contributed by atoms with Crippen LogP contribution in [0.5, 0.6) is 0 Å². The van der Waals surface area contributed by atoms with Crippen LogP contribution >= 0.6 is 0 Å². The molecule has 0 saturated heterocycles. The lowest BCUT2D eigenvalue weighted by Gasteiger charge is -2.08. The molecule has 0 fully saturated rings. The fraction of sp³-hybridized carbons (Fsp3) is 0.864. The summed E-state index contributed by atoms with van der Waals surface area (Å²) in [4.78, 5) is 10.8. The van der Waals surface area contributed by atoms with Crippen molar-refractivity contribution in [2.45, 2.75) is 0 Å². The summed E-state index contributed by atoms with van der Waals surface area (Å²) in [5, 5.41) is 0. The quantitative estimate of drug-likeness (QED) is 0.0896. The minimum absolute atomic E-state index is 0.0671. The molecule has 0 N–H and O–H groups in total. The lowest BCUT2D eigenvalue weighted by atomic mass is 10.6. The Labute approximate surface area is 197 Å². The van der Waals surface area contributed by atoms with Crippen molar-refractivity contribution < 1.29 is 52.2 Å². The molecule has 0 saturated carbocycles. The van der Waals surface area contributed by atoms with Gasteiger partial charge >= 0.3 is 5.97 Å². The monoisotopic (exact) mass is 480 g/mol. The average Bonchev–Trinajstić information content (AvgIpc) is 2.83. The third kappa shape index (κ3) is 28.6. The van der Waals surface area contributed by atoms with E-state index >= 15 is 0 Å². The van der Waals surface area contributed by atoms with E-state index in [2.05, 4.69) is 10.7 Å². The molecule has 11 heteroatoms. The van der Waals surface area contributed by atoms with Crippen LogP contribution in [0.2, 0.25) is 0 Å². The van der Waals surface area contributed by atoms with Crippen LogP contribution in [-0.4, -0.2) is 132 Å². The average molecular weight is 481 g/mol. The first kappa shape index (κ1) is 31.7. The molecule has 0 atom stereocenters. The van der Waals surface area contributed by atoms with Gasteiger partial charge in [0.1, 0.15) is 13.2 Å². The van der Waals surface area contributed by atoms with E-state index in [4.69, 9.17) is 49.1 Å². The Morgan fingerprint density at radius 1 is 0.515 bits per heavy atom. The largest absolute Gasteiger partial charge is 0.467 e. The zero-order chi connectivity index (χ0) is 24.1. The van der Waals surface area contributed by atoms with Crippen molar-refractivity contribution >= 4 is 5.97 Å². The predicted octanol–water partition coefficient (Wildman–Crippen LogP) is -0.0580. The Hall–Kier alpha value is -1.33. The Morgan fingerprint density at radius 2 is 0.788 bits per heavy atom. The molecule has 0 aliphatic heterocycles.